The molecule has 4 nitrogen and oxygen atoms in total. The summed E-state index contributed by atoms with van der Waals surface area (Å²) in [7, 11) is 0. The largest absolute Gasteiger partial charge is 0.371 e. The zero-order valence-corrected chi connectivity index (χ0v) is 13.9. The fourth-order valence-electron chi connectivity index (χ4n) is 2.12. The quantitative estimate of drug-likeness (QED) is 0.401. The molecule has 0 radical (unpaired) electrons. The first-order valence-electron chi connectivity index (χ1n) is 6.72. The zero-order chi connectivity index (χ0) is 14.4. The van der Waals surface area contributed by atoms with Gasteiger partial charge >= 0.3 is 0 Å². The number of nitrogens with zero attached hydrogens (tertiary/aromatic N) is 2. The molecule has 0 saturated carbocycles. The van der Waals surface area contributed by atoms with Gasteiger partial charge in [-0.1, -0.05) is 26.7 Å². The molecule has 1 rings (SSSR count). The third kappa shape index (κ3) is 4.33. The first kappa shape index (κ1) is 16.2. The third-order valence-electron chi connectivity index (χ3n) is 3.51. The van der Waals surface area contributed by atoms with Crippen molar-refractivity contribution in [1.29, 1.82) is 0 Å². The maximum atomic E-state index is 10.8. The highest BCUT2D eigenvalue weighted by Crippen LogP contribution is 2.27. The van der Waals surface area contributed by atoms with Crippen LogP contribution in [-0.4, -0.2) is 18.0 Å². The molecule has 0 aliphatic heterocycles. The summed E-state index contributed by atoms with van der Waals surface area (Å²) in [5, 5.41) is 10.8. The van der Waals surface area contributed by atoms with Crippen LogP contribution >= 0.6 is 22.6 Å². The Kier molecular flexibility index (Phi) is 6.54. The molecule has 0 fully saturated rings. The van der Waals surface area contributed by atoms with E-state index in [2.05, 4.69) is 25.7 Å². The normalized spacial score (nSPS) is 10.8. The first-order valence-corrected chi connectivity index (χ1v) is 7.80. The Balaban J connectivity index is 2.93. The third-order valence-corrected chi connectivity index (χ3v) is 4.37. The van der Waals surface area contributed by atoms with Gasteiger partial charge in [0, 0.05) is 24.8 Å². The summed E-state index contributed by atoms with van der Waals surface area (Å²) in [5.74, 6) is 0.674. The van der Waals surface area contributed by atoms with Gasteiger partial charge in [0.1, 0.15) is 0 Å². The van der Waals surface area contributed by atoms with Crippen molar-refractivity contribution in [2.75, 3.05) is 18.0 Å². The smallest absolute Gasteiger partial charge is 0.282 e. The van der Waals surface area contributed by atoms with Crippen molar-refractivity contribution in [1.82, 2.24) is 0 Å². The number of rotatable bonds is 7. The molecule has 0 spiro atoms. The van der Waals surface area contributed by atoms with Gasteiger partial charge in [0.15, 0.2) is 0 Å². The van der Waals surface area contributed by atoms with Crippen LogP contribution < -0.4 is 4.90 Å². The van der Waals surface area contributed by atoms with Crippen molar-refractivity contribution < 1.29 is 4.92 Å². The highest BCUT2D eigenvalue weighted by molar-refractivity contribution is 14.1. The summed E-state index contributed by atoms with van der Waals surface area (Å²) < 4.78 is 0.697. The number of hydrogen-bond acceptors (Lipinski definition) is 3. The second-order valence-electron chi connectivity index (χ2n) is 4.61. The standard InChI is InChI=1S/C14H21IN2O2/c1-4-11(5-2)10-16(6-3)12-7-8-14(17(18)19)13(15)9-12/h7-9,11H,4-6,10H2,1-3H3. The molecule has 0 atom stereocenters. The lowest BCUT2D eigenvalue weighted by Crippen LogP contribution is -2.29. The topological polar surface area (TPSA) is 46.4 Å². The molecule has 0 N–H and O–H groups in total. The molecular formula is C14H21IN2O2. The average Bonchev–Trinajstić information content (AvgIpc) is 2.39. The van der Waals surface area contributed by atoms with Crippen molar-refractivity contribution >= 4 is 34.0 Å². The van der Waals surface area contributed by atoms with E-state index in [1.54, 1.807) is 6.07 Å². The lowest BCUT2D eigenvalue weighted by Gasteiger charge is -2.27. The van der Waals surface area contributed by atoms with Gasteiger partial charge in [-0.05, 0) is 47.6 Å². The number of nitro benzene ring substituents is 1. The van der Waals surface area contributed by atoms with Gasteiger partial charge in [-0.2, -0.15) is 0 Å². The molecular weight excluding hydrogens is 355 g/mol. The summed E-state index contributed by atoms with van der Waals surface area (Å²) in [5.41, 5.74) is 1.26. The highest BCUT2D eigenvalue weighted by atomic mass is 127. The van der Waals surface area contributed by atoms with Gasteiger partial charge in [0.05, 0.1) is 8.49 Å². The van der Waals surface area contributed by atoms with Crippen LogP contribution in [0.15, 0.2) is 18.2 Å². The molecule has 1 aromatic carbocycles. The van der Waals surface area contributed by atoms with Crippen molar-refractivity contribution in [3.05, 3.63) is 31.9 Å². The Labute approximate surface area is 128 Å². The summed E-state index contributed by atoms with van der Waals surface area (Å²) in [6.45, 7) is 8.47. The van der Waals surface area contributed by atoms with Crippen LogP contribution in [0.4, 0.5) is 11.4 Å². The van der Waals surface area contributed by atoms with Gasteiger partial charge in [-0.25, -0.2) is 0 Å². The Morgan fingerprint density at radius 3 is 2.37 bits per heavy atom. The maximum Gasteiger partial charge on any atom is 0.282 e. The van der Waals surface area contributed by atoms with Gasteiger partial charge in [-0.15, -0.1) is 0 Å². The predicted octanol–water partition coefficient (Wildman–Crippen LogP) is 4.46. The molecule has 0 heterocycles. The number of anilines is 1. The molecule has 0 amide bonds. The Morgan fingerprint density at radius 2 is 1.95 bits per heavy atom. The average molecular weight is 376 g/mol. The van der Waals surface area contributed by atoms with Crippen LogP contribution in [0.1, 0.15) is 33.6 Å². The van der Waals surface area contributed by atoms with Gasteiger partial charge in [-0.3, -0.25) is 10.1 Å². The lowest BCUT2D eigenvalue weighted by molar-refractivity contribution is -0.385. The van der Waals surface area contributed by atoms with E-state index in [4.69, 9.17) is 0 Å². The van der Waals surface area contributed by atoms with Crippen molar-refractivity contribution in [3.8, 4) is 0 Å². The summed E-state index contributed by atoms with van der Waals surface area (Å²) in [6, 6.07) is 5.36. The van der Waals surface area contributed by atoms with Gasteiger partial charge < -0.3 is 4.90 Å². The van der Waals surface area contributed by atoms with E-state index in [1.807, 2.05) is 34.7 Å². The Bertz CT molecular complexity index is 433. The molecule has 0 aliphatic carbocycles. The molecule has 19 heavy (non-hydrogen) atoms. The molecule has 0 saturated heterocycles. The van der Waals surface area contributed by atoms with E-state index < -0.39 is 0 Å². The second-order valence-corrected chi connectivity index (χ2v) is 5.78. The van der Waals surface area contributed by atoms with E-state index in [-0.39, 0.29) is 10.6 Å². The number of halogens is 1. The fourth-order valence-corrected chi connectivity index (χ4v) is 2.81. The molecule has 106 valence electrons. The Morgan fingerprint density at radius 1 is 1.32 bits per heavy atom. The number of hydrogen-bond donors (Lipinski definition) is 0. The monoisotopic (exact) mass is 376 g/mol. The van der Waals surface area contributed by atoms with Crippen LogP contribution in [0, 0.1) is 19.6 Å². The van der Waals surface area contributed by atoms with E-state index in [0.717, 1.165) is 31.6 Å². The van der Waals surface area contributed by atoms with Crippen LogP contribution in [0.25, 0.3) is 0 Å². The molecule has 0 bridgehead atoms. The molecule has 0 aliphatic rings. The van der Waals surface area contributed by atoms with Gasteiger partial charge in [0.2, 0.25) is 0 Å². The van der Waals surface area contributed by atoms with Crippen LogP contribution in [-0.2, 0) is 0 Å². The molecule has 0 aromatic heterocycles. The summed E-state index contributed by atoms with van der Waals surface area (Å²) in [6.07, 6.45) is 2.33. The fraction of sp³-hybridized carbons (Fsp3) is 0.571. The van der Waals surface area contributed by atoms with Crippen LogP contribution in [0.5, 0.6) is 0 Å². The number of nitro groups is 1. The first-order chi connectivity index (χ1) is 9.03. The van der Waals surface area contributed by atoms with Crippen LogP contribution in [0.3, 0.4) is 0 Å². The highest BCUT2D eigenvalue weighted by Gasteiger charge is 2.15. The van der Waals surface area contributed by atoms with E-state index in [1.165, 1.54) is 0 Å². The minimum absolute atomic E-state index is 0.183. The number of benzene rings is 1. The van der Waals surface area contributed by atoms with Crippen molar-refractivity contribution in [2.45, 2.75) is 33.6 Å². The van der Waals surface area contributed by atoms with E-state index in [0.29, 0.717) is 9.49 Å². The van der Waals surface area contributed by atoms with Crippen LogP contribution in [0.2, 0.25) is 0 Å². The van der Waals surface area contributed by atoms with Gasteiger partial charge in [0.25, 0.3) is 5.69 Å². The SMILES string of the molecule is CCC(CC)CN(CC)c1ccc([N+](=O)[O-])c(I)c1. The van der Waals surface area contributed by atoms with Crippen molar-refractivity contribution in [3.63, 3.8) is 0 Å². The maximum absolute atomic E-state index is 10.8. The Hall–Kier alpha value is -0.850. The van der Waals surface area contributed by atoms with Crippen molar-refractivity contribution in [2.24, 2.45) is 5.92 Å². The minimum atomic E-state index is -0.331. The van der Waals surface area contributed by atoms with E-state index in [9.17, 15) is 10.1 Å². The zero-order valence-electron chi connectivity index (χ0n) is 11.7. The summed E-state index contributed by atoms with van der Waals surface area (Å²) >= 11 is 2.03. The summed E-state index contributed by atoms with van der Waals surface area (Å²) in [4.78, 5) is 12.8. The molecule has 1 aromatic rings. The lowest BCUT2D eigenvalue weighted by atomic mass is 10.0. The van der Waals surface area contributed by atoms with E-state index >= 15 is 0 Å². The minimum Gasteiger partial charge on any atom is -0.371 e. The molecule has 5 heteroatoms. The second kappa shape index (κ2) is 7.67. The predicted molar refractivity (Wildman–Crippen MR) is 87.8 cm³/mol. The molecule has 0 unspecified atom stereocenters.